The lowest BCUT2D eigenvalue weighted by Crippen LogP contribution is -2.50. The zero-order valence-electron chi connectivity index (χ0n) is 16.5. The largest absolute Gasteiger partial charge is 0.375 e. The van der Waals surface area contributed by atoms with Crippen LogP contribution in [-0.4, -0.2) is 56.7 Å². The Morgan fingerprint density at radius 2 is 2.00 bits per heavy atom. The van der Waals surface area contributed by atoms with Crippen molar-refractivity contribution in [1.82, 2.24) is 14.8 Å². The summed E-state index contributed by atoms with van der Waals surface area (Å²) in [6, 6.07) is 0. The normalized spacial score (nSPS) is 42.0. The number of rotatable bonds is 6. The molecule has 5 unspecified atom stereocenters. The molecule has 2 aliphatic carbocycles. The molecule has 1 aromatic rings. The van der Waals surface area contributed by atoms with Crippen LogP contribution in [0.1, 0.15) is 51.9 Å². The lowest BCUT2D eigenvalue weighted by molar-refractivity contribution is -0.224. The molecule has 6 nitrogen and oxygen atoms in total. The molecule has 4 rings (SSSR count). The number of hydrogen-bond donors (Lipinski definition) is 0. The van der Waals surface area contributed by atoms with Crippen molar-refractivity contribution in [2.45, 2.75) is 87.2 Å². The molecule has 158 valence electrons. The second-order valence-corrected chi connectivity index (χ2v) is 9.88. The second-order valence-electron chi connectivity index (χ2n) is 8.70. The van der Waals surface area contributed by atoms with Gasteiger partial charge in [-0.2, -0.15) is 5.10 Å². The van der Waals surface area contributed by atoms with Crippen LogP contribution in [0.3, 0.4) is 0 Å². The van der Waals surface area contributed by atoms with E-state index in [4.69, 9.17) is 37.4 Å². The summed E-state index contributed by atoms with van der Waals surface area (Å²) in [7, 11) is 0. The van der Waals surface area contributed by atoms with Gasteiger partial charge >= 0.3 is 0 Å². The topological polar surface area (TPSA) is 58.4 Å². The minimum atomic E-state index is -0.799. The monoisotopic (exact) mass is 431 g/mol. The molecule has 0 spiro atoms. The van der Waals surface area contributed by atoms with E-state index < -0.39 is 5.79 Å². The summed E-state index contributed by atoms with van der Waals surface area (Å²) >= 11 is 13.1. The van der Waals surface area contributed by atoms with Crippen molar-refractivity contribution in [2.24, 2.45) is 11.8 Å². The summed E-state index contributed by atoms with van der Waals surface area (Å²) in [6.07, 6.45) is 10.8. The van der Waals surface area contributed by atoms with Gasteiger partial charge in [0.15, 0.2) is 5.79 Å². The van der Waals surface area contributed by atoms with Gasteiger partial charge in [0.25, 0.3) is 0 Å². The summed E-state index contributed by atoms with van der Waals surface area (Å²) in [5.74, 6) is 0.0829. The second kappa shape index (κ2) is 9.17. The fraction of sp³-hybridized carbons (Fsp3) is 0.900. The molecular weight excluding hydrogens is 401 g/mol. The van der Waals surface area contributed by atoms with Crippen LogP contribution in [0.25, 0.3) is 0 Å². The molecule has 5 atom stereocenters. The number of ether oxygens (including phenoxy) is 3. The van der Waals surface area contributed by atoms with E-state index in [1.165, 1.54) is 19.2 Å². The Morgan fingerprint density at radius 3 is 2.71 bits per heavy atom. The maximum atomic E-state index is 6.73. The van der Waals surface area contributed by atoms with Crippen molar-refractivity contribution in [3.05, 3.63) is 12.7 Å². The first-order chi connectivity index (χ1) is 13.5. The minimum Gasteiger partial charge on any atom is -0.375 e. The molecule has 2 heterocycles. The Hall–Kier alpha value is -0.400. The van der Waals surface area contributed by atoms with Gasteiger partial charge in [-0.25, -0.2) is 9.67 Å². The molecular formula is C20H31Cl2N3O3. The van der Waals surface area contributed by atoms with Gasteiger partial charge in [-0.1, -0.05) is 6.92 Å². The predicted molar refractivity (Wildman–Crippen MR) is 108 cm³/mol. The summed E-state index contributed by atoms with van der Waals surface area (Å²) < 4.78 is 20.8. The van der Waals surface area contributed by atoms with E-state index >= 15 is 0 Å². The Kier molecular flexibility index (Phi) is 6.83. The van der Waals surface area contributed by atoms with Crippen molar-refractivity contribution in [2.75, 3.05) is 13.2 Å². The Bertz CT molecular complexity index is 612. The number of halogens is 2. The number of alkyl halides is 2. The third kappa shape index (κ3) is 4.84. The number of aromatic nitrogens is 3. The summed E-state index contributed by atoms with van der Waals surface area (Å²) in [5, 5.41) is 4.29. The standard InChI is InChI=1S/C20H31Cl2N3O3/c1-14-2-5-16(6-3-14)26-9-17-10-27-20(28-17,11-25-13-23-12-24-25)18-7-4-15(21)8-19(18)22/h12-19H,2-11H2,1H3. The lowest BCUT2D eigenvalue weighted by Gasteiger charge is -2.41. The van der Waals surface area contributed by atoms with Gasteiger partial charge in [0, 0.05) is 16.7 Å². The molecule has 1 aromatic heterocycles. The van der Waals surface area contributed by atoms with Crippen LogP contribution in [0, 0.1) is 11.8 Å². The molecule has 3 fully saturated rings. The zero-order valence-corrected chi connectivity index (χ0v) is 18.0. The van der Waals surface area contributed by atoms with E-state index in [1.54, 1.807) is 11.0 Å². The number of nitrogens with zero attached hydrogens (tertiary/aromatic N) is 3. The Morgan fingerprint density at radius 1 is 1.18 bits per heavy atom. The minimum absolute atomic E-state index is 0.0638. The van der Waals surface area contributed by atoms with Gasteiger partial charge < -0.3 is 14.2 Å². The van der Waals surface area contributed by atoms with Crippen LogP contribution in [0.4, 0.5) is 0 Å². The van der Waals surface area contributed by atoms with Gasteiger partial charge in [-0.05, 0) is 50.9 Å². The molecule has 0 N–H and O–H groups in total. The zero-order chi connectivity index (χ0) is 19.6. The molecule has 1 aliphatic heterocycles. The van der Waals surface area contributed by atoms with E-state index in [0.29, 0.717) is 25.9 Å². The molecule has 3 aliphatic rings. The van der Waals surface area contributed by atoms with Crippen LogP contribution in [0.2, 0.25) is 0 Å². The van der Waals surface area contributed by atoms with Crippen molar-refractivity contribution in [1.29, 1.82) is 0 Å². The quantitative estimate of drug-likeness (QED) is 0.636. The lowest BCUT2D eigenvalue weighted by atomic mass is 9.82. The molecule has 0 amide bonds. The fourth-order valence-electron chi connectivity index (χ4n) is 4.80. The van der Waals surface area contributed by atoms with E-state index in [0.717, 1.165) is 38.0 Å². The molecule has 28 heavy (non-hydrogen) atoms. The van der Waals surface area contributed by atoms with Gasteiger partial charge in [0.1, 0.15) is 18.8 Å². The van der Waals surface area contributed by atoms with Gasteiger partial charge in [0.05, 0.1) is 25.9 Å². The molecule has 8 heteroatoms. The fourth-order valence-corrected chi connectivity index (χ4v) is 5.75. The molecule has 2 saturated carbocycles. The van der Waals surface area contributed by atoms with Crippen LogP contribution in [0.5, 0.6) is 0 Å². The smallest absolute Gasteiger partial charge is 0.192 e. The highest BCUT2D eigenvalue weighted by molar-refractivity contribution is 6.24. The highest BCUT2D eigenvalue weighted by Gasteiger charge is 2.52. The van der Waals surface area contributed by atoms with Gasteiger partial charge in [0.2, 0.25) is 0 Å². The maximum absolute atomic E-state index is 6.73. The van der Waals surface area contributed by atoms with E-state index in [1.807, 2.05) is 0 Å². The van der Waals surface area contributed by atoms with Crippen LogP contribution in [0.15, 0.2) is 12.7 Å². The number of hydrogen-bond acceptors (Lipinski definition) is 5. The molecule has 0 aromatic carbocycles. The van der Waals surface area contributed by atoms with Crippen molar-refractivity contribution in [3.8, 4) is 0 Å². The Labute approximate surface area is 177 Å². The Balaban J connectivity index is 1.40. The summed E-state index contributed by atoms with van der Waals surface area (Å²) in [4.78, 5) is 4.06. The summed E-state index contributed by atoms with van der Waals surface area (Å²) in [6.45, 7) is 3.88. The predicted octanol–water partition coefficient (Wildman–Crippen LogP) is 4.00. The average Bonchev–Trinajstić information content (AvgIpc) is 3.32. The summed E-state index contributed by atoms with van der Waals surface area (Å²) in [5.41, 5.74) is 0. The van der Waals surface area contributed by atoms with Crippen molar-refractivity contribution in [3.63, 3.8) is 0 Å². The molecule has 1 saturated heterocycles. The average molecular weight is 432 g/mol. The van der Waals surface area contributed by atoms with Crippen LogP contribution >= 0.6 is 23.2 Å². The molecule has 0 bridgehead atoms. The van der Waals surface area contributed by atoms with Gasteiger partial charge in [-0.3, -0.25) is 0 Å². The van der Waals surface area contributed by atoms with E-state index in [9.17, 15) is 0 Å². The molecule has 0 radical (unpaired) electrons. The highest BCUT2D eigenvalue weighted by atomic mass is 35.5. The van der Waals surface area contributed by atoms with Crippen LogP contribution in [-0.2, 0) is 20.8 Å². The highest BCUT2D eigenvalue weighted by Crippen LogP contribution is 2.44. The van der Waals surface area contributed by atoms with E-state index in [-0.39, 0.29) is 22.8 Å². The first-order valence-electron chi connectivity index (χ1n) is 10.6. The SMILES string of the molecule is CC1CCC(OCC2COC(Cn3cncn3)(C3CCC(Cl)CC3Cl)O2)CC1. The van der Waals surface area contributed by atoms with Crippen molar-refractivity contribution < 1.29 is 14.2 Å². The first kappa shape index (κ1) is 20.9. The van der Waals surface area contributed by atoms with Crippen LogP contribution < -0.4 is 0 Å². The van der Waals surface area contributed by atoms with Gasteiger partial charge in [-0.15, -0.1) is 23.2 Å². The third-order valence-corrected chi connectivity index (χ3v) is 7.36. The van der Waals surface area contributed by atoms with E-state index in [2.05, 4.69) is 17.0 Å². The van der Waals surface area contributed by atoms with Crippen molar-refractivity contribution >= 4 is 23.2 Å². The third-order valence-electron chi connectivity index (χ3n) is 6.48. The first-order valence-corrected chi connectivity index (χ1v) is 11.5. The maximum Gasteiger partial charge on any atom is 0.192 e.